The van der Waals surface area contributed by atoms with Crippen LogP contribution in [0, 0.1) is 0 Å². The molecule has 1 amide bonds. The van der Waals surface area contributed by atoms with Crippen molar-refractivity contribution in [1.29, 1.82) is 0 Å². The number of halogens is 1. The Labute approximate surface area is 121 Å². The van der Waals surface area contributed by atoms with Crippen LogP contribution in [0.3, 0.4) is 0 Å². The zero-order valence-corrected chi connectivity index (χ0v) is 12.6. The van der Waals surface area contributed by atoms with Gasteiger partial charge in [-0.15, -0.1) is 0 Å². The van der Waals surface area contributed by atoms with Gasteiger partial charge in [0.2, 0.25) is 0 Å². The molecule has 2 rings (SSSR count). The number of nitrogens with zero attached hydrogens (tertiary/aromatic N) is 3. The summed E-state index contributed by atoms with van der Waals surface area (Å²) in [6, 6.07) is 9.32. The van der Waals surface area contributed by atoms with E-state index < -0.39 is 0 Å². The lowest BCUT2D eigenvalue weighted by atomic mass is 10.2. The second-order valence-electron chi connectivity index (χ2n) is 4.31. The molecule has 0 fully saturated rings. The van der Waals surface area contributed by atoms with E-state index in [0.29, 0.717) is 12.1 Å². The molecule has 0 atom stereocenters. The first-order valence-electron chi connectivity index (χ1n) is 6.13. The maximum atomic E-state index is 12.3. The van der Waals surface area contributed by atoms with E-state index in [-0.39, 0.29) is 5.91 Å². The van der Waals surface area contributed by atoms with E-state index in [9.17, 15) is 4.79 Å². The molecule has 0 N–H and O–H groups in total. The molecule has 0 saturated carbocycles. The monoisotopic (exact) mass is 321 g/mol. The van der Waals surface area contributed by atoms with Gasteiger partial charge < -0.3 is 4.90 Å². The van der Waals surface area contributed by atoms with Gasteiger partial charge in [0.1, 0.15) is 0 Å². The van der Waals surface area contributed by atoms with E-state index in [1.165, 1.54) is 0 Å². The van der Waals surface area contributed by atoms with Crippen molar-refractivity contribution in [3.8, 4) is 0 Å². The Bertz CT molecular complexity index is 562. The van der Waals surface area contributed by atoms with Crippen LogP contribution < -0.4 is 0 Å². The molecule has 0 aliphatic heterocycles. The average Bonchev–Trinajstić information content (AvgIpc) is 2.86. The molecule has 1 heterocycles. The summed E-state index contributed by atoms with van der Waals surface area (Å²) < 4.78 is 2.86. The zero-order valence-electron chi connectivity index (χ0n) is 11.0. The topological polar surface area (TPSA) is 38.1 Å². The molecular weight excluding hydrogens is 306 g/mol. The number of rotatable bonds is 4. The minimum Gasteiger partial charge on any atom is -0.336 e. The molecule has 0 aliphatic carbocycles. The Hall–Kier alpha value is -1.62. The number of amides is 1. The predicted octanol–water partition coefficient (Wildman–Crippen LogP) is 2.94. The van der Waals surface area contributed by atoms with E-state index in [0.717, 1.165) is 16.7 Å². The van der Waals surface area contributed by atoms with Crippen molar-refractivity contribution in [2.75, 3.05) is 7.05 Å². The fourth-order valence-electron chi connectivity index (χ4n) is 1.91. The second-order valence-corrected chi connectivity index (χ2v) is 5.22. The van der Waals surface area contributed by atoms with Crippen molar-refractivity contribution < 1.29 is 4.79 Å². The number of carbonyl (C=O) groups excluding carboxylic acids is 1. The Balaban J connectivity index is 2.09. The first-order chi connectivity index (χ1) is 9.11. The summed E-state index contributed by atoms with van der Waals surface area (Å²) in [6.07, 6.45) is 1.76. The smallest absolute Gasteiger partial charge is 0.253 e. The lowest BCUT2D eigenvalue weighted by Gasteiger charge is -2.17. The summed E-state index contributed by atoms with van der Waals surface area (Å²) in [5.41, 5.74) is 1.73. The molecule has 0 aliphatic rings. The number of aryl methyl sites for hydroxylation is 1. The summed E-state index contributed by atoms with van der Waals surface area (Å²) in [5.74, 6) is 0.0105. The van der Waals surface area contributed by atoms with Gasteiger partial charge in [-0.1, -0.05) is 15.9 Å². The van der Waals surface area contributed by atoms with Crippen LogP contribution in [0.4, 0.5) is 0 Å². The van der Waals surface area contributed by atoms with Crippen molar-refractivity contribution in [2.24, 2.45) is 0 Å². The van der Waals surface area contributed by atoms with Crippen LogP contribution in [0.1, 0.15) is 23.0 Å². The third-order valence-corrected chi connectivity index (χ3v) is 3.47. The first kappa shape index (κ1) is 13.8. The van der Waals surface area contributed by atoms with E-state index in [2.05, 4.69) is 21.0 Å². The zero-order chi connectivity index (χ0) is 13.8. The number of hydrogen-bond donors (Lipinski definition) is 0. The molecule has 2 aromatic rings. The molecule has 100 valence electrons. The summed E-state index contributed by atoms with van der Waals surface area (Å²) >= 11 is 3.36. The van der Waals surface area contributed by atoms with E-state index >= 15 is 0 Å². The van der Waals surface area contributed by atoms with Crippen LogP contribution in [-0.4, -0.2) is 27.6 Å². The van der Waals surface area contributed by atoms with Crippen molar-refractivity contribution in [3.05, 3.63) is 52.3 Å². The molecule has 0 unspecified atom stereocenters. The number of hydrogen-bond acceptors (Lipinski definition) is 2. The van der Waals surface area contributed by atoms with Crippen LogP contribution >= 0.6 is 15.9 Å². The summed E-state index contributed by atoms with van der Waals surface area (Å²) in [6.45, 7) is 3.40. The Morgan fingerprint density at radius 3 is 2.63 bits per heavy atom. The van der Waals surface area contributed by atoms with Gasteiger partial charge in [-0.2, -0.15) is 5.10 Å². The predicted molar refractivity (Wildman–Crippen MR) is 77.8 cm³/mol. The Morgan fingerprint density at radius 2 is 2.00 bits per heavy atom. The van der Waals surface area contributed by atoms with Crippen LogP contribution in [-0.2, 0) is 13.1 Å². The third kappa shape index (κ3) is 3.23. The third-order valence-electron chi connectivity index (χ3n) is 2.94. The first-order valence-corrected chi connectivity index (χ1v) is 6.93. The van der Waals surface area contributed by atoms with Gasteiger partial charge in [-0.05, 0) is 37.3 Å². The highest BCUT2D eigenvalue weighted by molar-refractivity contribution is 9.10. The molecular formula is C14H16BrN3O. The maximum Gasteiger partial charge on any atom is 0.253 e. The summed E-state index contributed by atoms with van der Waals surface area (Å²) in [7, 11) is 1.80. The molecule has 0 saturated heterocycles. The van der Waals surface area contributed by atoms with Crippen molar-refractivity contribution in [3.63, 3.8) is 0 Å². The highest BCUT2D eigenvalue weighted by Crippen LogP contribution is 2.13. The molecule has 19 heavy (non-hydrogen) atoms. The molecule has 0 radical (unpaired) electrons. The summed E-state index contributed by atoms with van der Waals surface area (Å²) in [5, 5.41) is 4.20. The van der Waals surface area contributed by atoms with Crippen molar-refractivity contribution in [2.45, 2.75) is 20.0 Å². The van der Waals surface area contributed by atoms with Gasteiger partial charge in [0.25, 0.3) is 5.91 Å². The molecule has 0 spiro atoms. The lowest BCUT2D eigenvalue weighted by Crippen LogP contribution is -2.27. The minimum atomic E-state index is 0.0105. The summed E-state index contributed by atoms with van der Waals surface area (Å²) in [4.78, 5) is 14.0. The molecule has 5 heteroatoms. The lowest BCUT2D eigenvalue weighted by molar-refractivity contribution is 0.0781. The second kappa shape index (κ2) is 6.02. The van der Waals surface area contributed by atoms with Gasteiger partial charge in [-0.3, -0.25) is 9.48 Å². The fourth-order valence-corrected chi connectivity index (χ4v) is 2.17. The molecule has 4 nitrogen and oxygen atoms in total. The van der Waals surface area contributed by atoms with Crippen LogP contribution in [0.25, 0.3) is 0 Å². The van der Waals surface area contributed by atoms with Gasteiger partial charge in [0.15, 0.2) is 0 Å². The highest BCUT2D eigenvalue weighted by Gasteiger charge is 2.13. The quantitative estimate of drug-likeness (QED) is 0.868. The van der Waals surface area contributed by atoms with Crippen molar-refractivity contribution >= 4 is 21.8 Å². The molecule has 1 aromatic heterocycles. The highest BCUT2D eigenvalue weighted by atomic mass is 79.9. The van der Waals surface area contributed by atoms with E-state index in [1.54, 1.807) is 18.1 Å². The van der Waals surface area contributed by atoms with Crippen molar-refractivity contribution in [1.82, 2.24) is 14.7 Å². The minimum absolute atomic E-state index is 0.0105. The van der Waals surface area contributed by atoms with E-state index in [4.69, 9.17) is 0 Å². The molecule has 1 aromatic carbocycles. The normalized spacial score (nSPS) is 10.5. The Morgan fingerprint density at radius 1 is 1.32 bits per heavy atom. The van der Waals surface area contributed by atoms with Gasteiger partial charge in [-0.25, -0.2) is 0 Å². The standard InChI is InChI=1S/C14H16BrN3O/c1-3-18-13(8-9-16-18)10-17(2)14(19)11-4-6-12(15)7-5-11/h4-9H,3,10H2,1-2H3. The van der Waals surface area contributed by atoms with Crippen LogP contribution in [0.15, 0.2) is 41.0 Å². The Kier molecular flexibility index (Phi) is 4.37. The van der Waals surface area contributed by atoms with Crippen LogP contribution in [0.2, 0.25) is 0 Å². The average molecular weight is 322 g/mol. The van der Waals surface area contributed by atoms with Gasteiger partial charge in [0.05, 0.1) is 12.2 Å². The number of benzene rings is 1. The fraction of sp³-hybridized carbons (Fsp3) is 0.286. The molecule has 0 bridgehead atoms. The SMILES string of the molecule is CCn1nccc1CN(C)C(=O)c1ccc(Br)cc1. The number of carbonyl (C=O) groups is 1. The van der Waals surface area contributed by atoms with E-state index in [1.807, 2.05) is 41.9 Å². The number of aromatic nitrogens is 2. The van der Waals surface area contributed by atoms with Gasteiger partial charge >= 0.3 is 0 Å². The maximum absolute atomic E-state index is 12.3. The largest absolute Gasteiger partial charge is 0.336 e. The van der Waals surface area contributed by atoms with Crippen LogP contribution in [0.5, 0.6) is 0 Å². The van der Waals surface area contributed by atoms with Gasteiger partial charge in [0, 0.05) is 29.8 Å².